The SMILES string of the molecule is CC(C)(C)N.O=C(O)COc1cccc(/C=C/CCCOC(=O)N(c2ccccc2)c2ccccc2)c1. The fourth-order valence-corrected chi connectivity index (χ4v) is 3.01. The Kier molecular flexibility index (Phi) is 11.9. The van der Waals surface area contributed by atoms with Crippen molar-refractivity contribution in [2.45, 2.75) is 39.2 Å². The first-order valence-corrected chi connectivity index (χ1v) is 12.1. The Hall–Kier alpha value is -4.10. The Labute approximate surface area is 219 Å². The second kappa shape index (κ2) is 15.1. The van der Waals surface area contributed by atoms with Crippen molar-refractivity contribution in [2.75, 3.05) is 18.1 Å². The summed E-state index contributed by atoms with van der Waals surface area (Å²) < 4.78 is 10.7. The smallest absolute Gasteiger partial charge is 0.418 e. The molecule has 0 saturated heterocycles. The fraction of sp³-hybridized carbons (Fsp3) is 0.267. The molecular formula is C30H36N2O5. The monoisotopic (exact) mass is 504 g/mol. The largest absolute Gasteiger partial charge is 0.482 e. The molecule has 0 heterocycles. The molecule has 0 aliphatic rings. The number of hydrogen-bond acceptors (Lipinski definition) is 5. The molecule has 0 aromatic heterocycles. The van der Waals surface area contributed by atoms with Gasteiger partial charge < -0.3 is 20.3 Å². The van der Waals surface area contributed by atoms with Gasteiger partial charge in [0, 0.05) is 5.54 Å². The van der Waals surface area contributed by atoms with Crippen LogP contribution in [0.2, 0.25) is 0 Å². The molecule has 0 bridgehead atoms. The van der Waals surface area contributed by atoms with Gasteiger partial charge in [0.15, 0.2) is 6.61 Å². The van der Waals surface area contributed by atoms with Gasteiger partial charge in [-0.1, -0.05) is 60.7 Å². The summed E-state index contributed by atoms with van der Waals surface area (Å²) in [6.07, 6.45) is 4.89. The van der Waals surface area contributed by atoms with Crippen molar-refractivity contribution in [1.29, 1.82) is 0 Å². The average molecular weight is 505 g/mol. The summed E-state index contributed by atoms with van der Waals surface area (Å²) in [5, 5.41) is 8.69. The highest BCUT2D eigenvalue weighted by molar-refractivity contribution is 5.95. The van der Waals surface area contributed by atoms with Crippen LogP contribution in [0.15, 0.2) is 91.0 Å². The Morgan fingerprint density at radius 3 is 2.03 bits per heavy atom. The van der Waals surface area contributed by atoms with Crippen LogP contribution >= 0.6 is 0 Å². The van der Waals surface area contributed by atoms with E-state index in [1.165, 1.54) is 0 Å². The maximum atomic E-state index is 12.8. The van der Waals surface area contributed by atoms with Gasteiger partial charge >= 0.3 is 12.1 Å². The van der Waals surface area contributed by atoms with E-state index in [0.717, 1.165) is 23.4 Å². The minimum atomic E-state index is -1.02. The number of hydrogen-bond donors (Lipinski definition) is 2. The first kappa shape index (κ1) is 29.1. The Bertz CT molecular complexity index is 1080. The molecular weight excluding hydrogens is 468 g/mol. The zero-order valence-electron chi connectivity index (χ0n) is 21.7. The number of nitrogens with two attached hydrogens (primary N) is 1. The van der Waals surface area contributed by atoms with Gasteiger partial charge in [0.05, 0.1) is 18.0 Å². The van der Waals surface area contributed by atoms with E-state index in [1.54, 1.807) is 23.1 Å². The number of carbonyl (C=O) groups is 2. The lowest BCUT2D eigenvalue weighted by molar-refractivity contribution is -0.139. The molecule has 0 aliphatic carbocycles. The van der Waals surface area contributed by atoms with Crippen LogP contribution in [-0.2, 0) is 9.53 Å². The van der Waals surface area contributed by atoms with E-state index in [4.69, 9.17) is 20.3 Å². The van der Waals surface area contributed by atoms with Gasteiger partial charge in [-0.15, -0.1) is 0 Å². The number of amides is 1. The highest BCUT2D eigenvalue weighted by Gasteiger charge is 2.18. The van der Waals surface area contributed by atoms with Crippen molar-refractivity contribution < 1.29 is 24.2 Å². The molecule has 0 spiro atoms. The number of ether oxygens (including phenoxy) is 2. The second-order valence-electron chi connectivity index (χ2n) is 9.29. The summed E-state index contributed by atoms with van der Waals surface area (Å²) in [6.45, 7) is 5.82. The Morgan fingerprint density at radius 2 is 1.49 bits per heavy atom. The molecule has 3 N–H and O–H groups in total. The summed E-state index contributed by atoms with van der Waals surface area (Å²) in [6, 6.07) is 26.0. The zero-order valence-corrected chi connectivity index (χ0v) is 21.7. The molecule has 1 amide bonds. The van der Waals surface area contributed by atoms with Crippen LogP contribution in [0.5, 0.6) is 5.75 Å². The fourth-order valence-electron chi connectivity index (χ4n) is 3.01. The van der Waals surface area contributed by atoms with Crippen LogP contribution in [0.3, 0.4) is 0 Å². The van der Waals surface area contributed by atoms with Crippen molar-refractivity contribution >= 4 is 29.5 Å². The van der Waals surface area contributed by atoms with Crippen LogP contribution in [-0.4, -0.2) is 35.9 Å². The van der Waals surface area contributed by atoms with Crippen LogP contribution in [0.25, 0.3) is 6.08 Å². The van der Waals surface area contributed by atoms with Crippen molar-refractivity contribution in [3.8, 4) is 5.75 Å². The van der Waals surface area contributed by atoms with Gasteiger partial charge in [-0.2, -0.15) is 0 Å². The third-order valence-corrected chi connectivity index (χ3v) is 4.48. The van der Waals surface area contributed by atoms with Crippen molar-refractivity contribution in [3.05, 3.63) is 96.6 Å². The van der Waals surface area contributed by atoms with E-state index in [1.807, 2.05) is 99.7 Å². The zero-order chi connectivity index (χ0) is 27.1. The van der Waals surface area contributed by atoms with Gasteiger partial charge in [0.25, 0.3) is 0 Å². The van der Waals surface area contributed by atoms with Crippen LogP contribution in [0.1, 0.15) is 39.2 Å². The molecule has 0 atom stereocenters. The van der Waals surface area contributed by atoms with E-state index >= 15 is 0 Å². The van der Waals surface area contributed by atoms with Crippen LogP contribution in [0.4, 0.5) is 16.2 Å². The number of anilines is 2. The minimum absolute atomic E-state index is 0. The highest BCUT2D eigenvalue weighted by Crippen LogP contribution is 2.25. The highest BCUT2D eigenvalue weighted by atomic mass is 16.6. The lowest BCUT2D eigenvalue weighted by Crippen LogP contribution is -2.27. The molecule has 3 aromatic rings. The predicted octanol–water partition coefficient (Wildman–Crippen LogP) is 6.66. The molecule has 7 nitrogen and oxygen atoms in total. The third kappa shape index (κ3) is 12.4. The van der Waals surface area contributed by atoms with E-state index in [-0.39, 0.29) is 12.1 Å². The summed E-state index contributed by atoms with van der Waals surface area (Å²) >= 11 is 0. The molecule has 196 valence electrons. The van der Waals surface area contributed by atoms with Gasteiger partial charge in [-0.3, -0.25) is 0 Å². The van der Waals surface area contributed by atoms with Crippen molar-refractivity contribution in [2.24, 2.45) is 5.73 Å². The number of unbranched alkanes of at least 4 members (excludes halogenated alkanes) is 1. The topological polar surface area (TPSA) is 102 Å². The first-order chi connectivity index (χ1) is 17.6. The van der Waals surface area contributed by atoms with Crippen LogP contribution < -0.4 is 15.4 Å². The molecule has 3 rings (SSSR count). The number of rotatable bonds is 10. The number of aliphatic carboxylic acids is 1. The lowest BCUT2D eigenvalue weighted by Gasteiger charge is -2.22. The summed E-state index contributed by atoms with van der Waals surface area (Å²) in [5.74, 6) is -0.510. The molecule has 0 unspecified atom stereocenters. The molecule has 0 fully saturated rings. The van der Waals surface area contributed by atoms with Gasteiger partial charge in [0.2, 0.25) is 0 Å². The standard InChI is InChI=1S/C26H25NO5.C4H11N/c28-25(29)20-32-24-17-10-12-21(19-24)11-4-3-9-18-31-26(30)27(22-13-5-1-6-14-22)23-15-7-2-8-16-23;1-4(2,3)5/h1-2,4-8,10-17,19H,3,9,18,20H2,(H,28,29);5H2,1-3H3/b11-4+;. The molecule has 0 radical (unpaired) electrons. The quantitative estimate of drug-likeness (QED) is 0.299. The van der Waals surface area contributed by atoms with E-state index < -0.39 is 12.1 Å². The number of benzene rings is 3. The van der Waals surface area contributed by atoms with Crippen molar-refractivity contribution in [3.63, 3.8) is 0 Å². The second-order valence-corrected chi connectivity index (χ2v) is 9.29. The summed E-state index contributed by atoms with van der Waals surface area (Å²) in [4.78, 5) is 24.9. The van der Waals surface area contributed by atoms with Crippen LogP contribution in [0, 0.1) is 0 Å². The number of carboxylic acids is 1. The van der Waals surface area contributed by atoms with E-state index in [2.05, 4.69) is 0 Å². The number of carbonyl (C=O) groups excluding carboxylic acids is 1. The molecule has 37 heavy (non-hydrogen) atoms. The van der Waals surface area contributed by atoms with Gasteiger partial charge in [0.1, 0.15) is 5.75 Å². The van der Waals surface area contributed by atoms with Gasteiger partial charge in [-0.05, 0) is 75.6 Å². The molecule has 7 heteroatoms. The number of allylic oxidation sites excluding steroid dienone is 1. The molecule has 3 aromatic carbocycles. The third-order valence-electron chi connectivity index (χ3n) is 4.48. The van der Waals surface area contributed by atoms with Gasteiger partial charge in [-0.25, -0.2) is 14.5 Å². The van der Waals surface area contributed by atoms with E-state index in [9.17, 15) is 9.59 Å². The predicted molar refractivity (Wildman–Crippen MR) is 148 cm³/mol. The maximum absolute atomic E-state index is 12.8. The first-order valence-electron chi connectivity index (χ1n) is 12.1. The summed E-state index contributed by atoms with van der Waals surface area (Å²) in [5.41, 5.74) is 7.75. The normalized spacial score (nSPS) is 10.8. The molecule has 0 saturated carbocycles. The van der Waals surface area contributed by atoms with E-state index in [0.29, 0.717) is 18.8 Å². The Morgan fingerprint density at radius 1 is 0.919 bits per heavy atom. The number of nitrogens with zero attached hydrogens (tertiary/aromatic N) is 1. The minimum Gasteiger partial charge on any atom is -0.482 e. The lowest BCUT2D eigenvalue weighted by atomic mass is 10.1. The summed E-state index contributed by atoms with van der Waals surface area (Å²) in [7, 11) is 0. The maximum Gasteiger partial charge on any atom is 0.418 e. The average Bonchev–Trinajstić information content (AvgIpc) is 2.86. The number of carboxylic acid groups (broad SMARTS) is 1. The Balaban J connectivity index is 0.000000877. The van der Waals surface area contributed by atoms with Crippen molar-refractivity contribution in [1.82, 2.24) is 0 Å². The molecule has 0 aliphatic heterocycles. The number of para-hydroxylation sites is 2.